The highest BCUT2D eigenvalue weighted by atomic mass is 35.5. The molecular weight excluding hydrogens is 351 g/mol. The monoisotopic (exact) mass is 364 g/mol. The van der Waals surface area contributed by atoms with Crippen molar-refractivity contribution in [2.24, 2.45) is 0 Å². The first-order valence-corrected chi connectivity index (χ1v) is 8.01. The number of hydrogen-bond acceptors (Lipinski definition) is 3. The fraction of sp³-hybridized carbons (Fsp3) is 0.176. The number of fused-ring (bicyclic) bond motifs is 1. The van der Waals surface area contributed by atoms with Crippen LogP contribution in [0.3, 0.4) is 0 Å². The zero-order chi connectivity index (χ0) is 17.3. The minimum atomic E-state index is -0.904. The Hall–Kier alpha value is -2.24. The normalized spacial score (nSPS) is 16.0. The van der Waals surface area contributed by atoms with E-state index in [1.54, 1.807) is 24.3 Å². The van der Waals surface area contributed by atoms with Crippen molar-refractivity contribution >= 4 is 46.4 Å². The van der Waals surface area contributed by atoms with E-state index in [0.29, 0.717) is 27.2 Å². The van der Waals surface area contributed by atoms with Gasteiger partial charge in [-0.3, -0.25) is 9.59 Å². The van der Waals surface area contributed by atoms with Crippen molar-refractivity contribution in [3.63, 3.8) is 0 Å². The van der Waals surface area contributed by atoms with Gasteiger partial charge in [0.15, 0.2) is 6.10 Å². The molecule has 0 saturated heterocycles. The Morgan fingerprint density at radius 1 is 1.25 bits per heavy atom. The van der Waals surface area contributed by atoms with Crippen LogP contribution in [0, 0.1) is 6.92 Å². The van der Waals surface area contributed by atoms with Crippen LogP contribution in [-0.2, 0) is 9.59 Å². The maximum absolute atomic E-state index is 12.2. The van der Waals surface area contributed by atoms with E-state index in [1.165, 1.54) is 0 Å². The first-order chi connectivity index (χ1) is 11.4. The predicted molar refractivity (Wildman–Crippen MR) is 93.9 cm³/mol. The number of aryl methyl sites for hydroxylation is 1. The Labute approximate surface area is 148 Å². The molecular formula is C17H14Cl2N2O3. The summed E-state index contributed by atoms with van der Waals surface area (Å²) in [6.07, 6.45) is -1.04. The topological polar surface area (TPSA) is 67.4 Å². The fourth-order valence-electron chi connectivity index (χ4n) is 2.36. The van der Waals surface area contributed by atoms with Crippen LogP contribution in [0.2, 0.25) is 10.0 Å². The van der Waals surface area contributed by atoms with Crippen LogP contribution in [0.1, 0.15) is 12.0 Å². The molecule has 0 spiro atoms. The molecule has 5 nitrogen and oxygen atoms in total. The van der Waals surface area contributed by atoms with Gasteiger partial charge in [0, 0.05) is 5.02 Å². The first kappa shape index (κ1) is 16.6. The molecule has 1 atom stereocenters. The third-order valence-corrected chi connectivity index (χ3v) is 4.09. The summed E-state index contributed by atoms with van der Waals surface area (Å²) in [5, 5.41) is 6.20. The van der Waals surface area contributed by atoms with Crippen molar-refractivity contribution in [3.05, 3.63) is 52.0 Å². The highest BCUT2D eigenvalue weighted by Gasteiger charge is 2.29. The SMILES string of the molecule is Cc1ccc2c(c1)NC(=O)C(CC(=O)Nc1cc(Cl)ccc1Cl)O2. The van der Waals surface area contributed by atoms with Crippen molar-refractivity contribution in [3.8, 4) is 5.75 Å². The maximum Gasteiger partial charge on any atom is 0.266 e. The van der Waals surface area contributed by atoms with Crippen LogP contribution in [-0.4, -0.2) is 17.9 Å². The standard InChI is InChI=1S/C17H14Cl2N2O3/c1-9-2-5-14-13(6-9)21-17(23)15(24-14)8-16(22)20-12-7-10(18)3-4-11(12)19/h2-7,15H,8H2,1H3,(H,20,22)(H,21,23). The number of rotatable bonds is 3. The number of hydrogen-bond donors (Lipinski definition) is 2. The molecule has 1 aliphatic heterocycles. The molecule has 2 amide bonds. The molecule has 0 radical (unpaired) electrons. The second-order valence-electron chi connectivity index (χ2n) is 5.47. The Morgan fingerprint density at radius 2 is 2.04 bits per heavy atom. The Kier molecular flexibility index (Phi) is 4.64. The lowest BCUT2D eigenvalue weighted by Crippen LogP contribution is -2.39. The van der Waals surface area contributed by atoms with Gasteiger partial charge in [-0.2, -0.15) is 0 Å². The molecule has 0 aliphatic carbocycles. The van der Waals surface area contributed by atoms with Crippen molar-refractivity contribution < 1.29 is 14.3 Å². The number of anilines is 2. The van der Waals surface area contributed by atoms with Crippen molar-refractivity contribution in [1.82, 2.24) is 0 Å². The van der Waals surface area contributed by atoms with E-state index in [0.717, 1.165) is 5.56 Å². The largest absolute Gasteiger partial charge is 0.478 e. The third kappa shape index (κ3) is 3.63. The Bertz CT molecular complexity index is 823. The van der Waals surface area contributed by atoms with E-state index in [1.807, 2.05) is 19.1 Å². The van der Waals surface area contributed by atoms with Crippen LogP contribution in [0.25, 0.3) is 0 Å². The number of ether oxygens (including phenoxy) is 1. The quantitative estimate of drug-likeness (QED) is 0.863. The number of carbonyl (C=O) groups excluding carboxylic acids is 2. The summed E-state index contributed by atoms with van der Waals surface area (Å²) in [4.78, 5) is 24.3. The zero-order valence-electron chi connectivity index (χ0n) is 12.7. The van der Waals surface area contributed by atoms with Gasteiger partial charge < -0.3 is 15.4 Å². The summed E-state index contributed by atoms with van der Waals surface area (Å²) in [7, 11) is 0. The van der Waals surface area contributed by atoms with Crippen molar-refractivity contribution in [2.45, 2.75) is 19.4 Å². The second-order valence-corrected chi connectivity index (χ2v) is 6.32. The lowest BCUT2D eigenvalue weighted by Gasteiger charge is -2.25. The highest BCUT2D eigenvalue weighted by molar-refractivity contribution is 6.35. The summed E-state index contributed by atoms with van der Waals surface area (Å²) >= 11 is 11.9. The van der Waals surface area contributed by atoms with Crippen LogP contribution in [0.15, 0.2) is 36.4 Å². The van der Waals surface area contributed by atoms with Gasteiger partial charge in [0.1, 0.15) is 5.75 Å². The third-order valence-electron chi connectivity index (χ3n) is 3.53. The molecule has 24 heavy (non-hydrogen) atoms. The molecule has 1 aliphatic rings. The lowest BCUT2D eigenvalue weighted by molar-refractivity contribution is -0.128. The Morgan fingerprint density at radius 3 is 2.83 bits per heavy atom. The minimum absolute atomic E-state index is 0.137. The summed E-state index contributed by atoms with van der Waals surface area (Å²) in [5.41, 5.74) is 2.00. The van der Waals surface area contributed by atoms with Crippen LogP contribution in [0.5, 0.6) is 5.75 Å². The number of carbonyl (C=O) groups is 2. The van der Waals surface area contributed by atoms with Crippen molar-refractivity contribution in [1.29, 1.82) is 0 Å². The van der Waals surface area contributed by atoms with Gasteiger partial charge >= 0.3 is 0 Å². The van der Waals surface area contributed by atoms with Gasteiger partial charge in [-0.25, -0.2) is 0 Å². The second kappa shape index (κ2) is 6.71. The number of halogens is 2. The summed E-state index contributed by atoms with van der Waals surface area (Å²) in [5.74, 6) is -0.214. The molecule has 3 rings (SSSR count). The fourth-order valence-corrected chi connectivity index (χ4v) is 2.70. The van der Waals surface area contributed by atoms with E-state index in [4.69, 9.17) is 27.9 Å². The summed E-state index contributed by atoms with van der Waals surface area (Å²) in [6, 6.07) is 10.2. The highest BCUT2D eigenvalue weighted by Crippen LogP contribution is 2.31. The van der Waals surface area contributed by atoms with E-state index in [-0.39, 0.29) is 12.3 Å². The molecule has 2 N–H and O–H groups in total. The molecule has 0 fully saturated rings. The molecule has 7 heteroatoms. The summed E-state index contributed by atoms with van der Waals surface area (Å²) < 4.78 is 5.63. The zero-order valence-corrected chi connectivity index (χ0v) is 14.2. The smallest absolute Gasteiger partial charge is 0.266 e. The average Bonchev–Trinajstić information content (AvgIpc) is 2.52. The van der Waals surface area contributed by atoms with Gasteiger partial charge in [-0.1, -0.05) is 29.3 Å². The lowest BCUT2D eigenvalue weighted by atomic mass is 10.1. The Balaban J connectivity index is 1.69. The first-order valence-electron chi connectivity index (χ1n) is 7.25. The molecule has 0 saturated carbocycles. The van der Waals surface area contributed by atoms with Gasteiger partial charge in [0.25, 0.3) is 5.91 Å². The number of nitrogens with one attached hydrogen (secondary N) is 2. The van der Waals surface area contributed by atoms with Gasteiger partial charge in [0.2, 0.25) is 5.91 Å². The van der Waals surface area contributed by atoms with E-state index in [2.05, 4.69) is 10.6 Å². The number of benzene rings is 2. The molecule has 0 aromatic heterocycles. The van der Waals surface area contributed by atoms with Crippen molar-refractivity contribution in [2.75, 3.05) is 10.6 Å². The van der Waals surface area contributed by atoms with Gasteiger partial charge in [-0.15, -0.1) is 0 Å². The number of amides is 2. The maximum atomic E-state index is 12.2. The van der Waals surface area contributed by atoms with Gasteiger partial charge in [0.05, 0.1) is 22.8 Å². The van der Waals surface area contributed by atoms with Gasteiger partial charge in [-0.05, 0) is 42.8 Å². The van der Waals surface area contributed by atoms with E-state index >= 15 is 0 Å². The molecule has 2 aromatic carbocycles. The summed E-state index contributed by atoms with van der Waals surface area (Å²) in [6.45, 7) is 1.92. The molecule has 124 valence electrons. The van der Waals surface area contributed by atoms with Crippen LogP contribution in [0.4, 0.5) is 11.4 Å². The average molecular weight is 365 g/mol. The predicted octanol–water partition coefficient (Wildman–Crippen LogP) is 4.03. The van der Waals surface area contributed by atoms with Crippen LogP contribution >= 0.6 is 23.2 Å². The molecule has 2 aromatic rings. The molecule has 1 heterocycles. The van der Waals surface area contributed by atoms with Crippen LogP contribution < -0.4 is 15.4 Å². The molecule has 1 unspecified atom stereocenters. The minimum Gasteiger partial charge on any atom is -0.478 e. The molecule has 0 bridgehead atoms. The van der Waals surface area contributed by atoms with E-state index in [9.17, 15) is 9.59 Å². The van der Waals surface area contributed by atoms with E-state index < -0.39 is 12.0 Å².